The maximum Gasteiger partial charge on any atom is 0.326 e. The molecule has 2 atom stereocenters. The van der Waals surface area contributed by atoms with Gasteiger partial charge in [-0.25, -0.2) is 9.59 Å². The van der Waals surface area contributed by atoms with Crippen molar-refractivity contribution >= 4 is 17.7 Å². The zero-order valence-electron chi connectivity index (χ0n) is 13.2. The second kappa shape index (κ2) is 8.11. The Morgan fingerprint density at radius 3 is 2.14 bits per heavy atom. The average molecular weight is 310 g/mol. The maximum absolute atomic E-state index is 12.0. The number of nitrogens with one attached hydrogen (secondary N) is 2. The molecule has 0 heterocycles. The molecule has 22 heavy (non-hydrogen) atoms. The van der Waals surface area contributed by atoms with Crippen LogP contribution in [0.1, 0.15) is 20.3 Å². The number of hydrogen-bond donors (Lipinski definition) is 3. The highest BCUT2D eigenvalue weighted by Gasteiger charge is 2.25. The third-order valence-electron chi connectivity index (χ3n) is 3.37. The van der Waals surface area contributed by atoms with Gasteiger partial charge in [-0.05, 0) is 5.92 Å². The third-order valence-corrected chi connectivity index (χ3v) is 3.37. The number of methoxy groups -OCH3 is 2. The summed E-state index contributed by atoms with van der Waals surface area (Å²) in [5.41, 5.74) is 0.446. The molecule has 3 N–H and O–H groups in total. The van der Waals surface area contributed by atoms with Crippen LogP contribution in [-0.2, 0) is 4.79 Å². The molecule has 0 aromatic heterocycles. The van der Waals surface area contributed by atoms with Crippen molar-refractivity contribution in [3.05, 3.63) is 18.2 Å². The molecule has 2 amide bonds. The molecule has 0 aliphatic rings. The Morgan fingerprint density at radius 2 is 1.73 bits per heavy atom. The van der Waals surface area contributed by atoms with Crippen LogP contribution in [0.5, 0.6) is 11.5 Å². The Kier molecular flexibility index (Phi) is 6.49. The molecule has 0 saturated carbocycles. The zero-order chi connectivity index (χ0) is 16.7. The van der Waals surface area contributed by atoms with Crippen molar-refractivity contribution in [3.63, 3.8) is 0 Å². The van der Waals surface area contributed by atoms with E-state index in [-0.39, 0.29) is 5.92 Å². The number of carbonyl (C=O) groups excluding carboxylic acids is 1. The highest BCUT2D eigenvalue weighted by molar-refractivity contribution is 5.92. The van der Waals surface area contributed by atoms with E-state index in [1.165, 1.54) is 14.2 Å². The summed E-state index contributed by atoms with van der Waals surface area (Å²) in [6.07, 6.45) is 0.643. The minimum Gasteiger partial charge on any atom is -0.497 e. The molecule has 2 unspecified atom stereocenters. The van der Waals surface area contributed by atoms with Crippen LogP contribution < -0.4 is 20.1 Å². The summed E-state index contributed by atoms with van der Waals surface area (Å²) in [4.78, 5) is 23.2. The van der Waals surface area contributed by atoms with Gasteiger partial charge in [0.15, 0.2) is 0 Å². The molecule has 1 aromatic rings. The van der Waals surface area contributed by atoms with E-state index in [2.05, 4.69) is 10.6 Å². The molecule has 122 valence electrons. The number of carboxylic acids is 1. The van der Waals surface area contributed by atoms with Crippen LogP contribution in [0, 0.1) is 5.92 Å². The number of carbonyl (C=O) groups is 2. The van der Waals surface area contributed by atoms with Crippen molar-refractivity contribution in [3.8, 4) is 11.5 Å². The third kappa shape index (κ3) is 4.83. The lowest BCUT2D eigenvalue weighted by molar-refractivity contribution is -0.140. The monoisotopic (exact) mass is 310 g/mol. The van der Waals surface area contributed by atoms with Gasteiger partial charge in [0.2, 0.25) is 0 Å². The lowest BCUT2D eigenvalue weighted by atomic mass is 9.99. The molecule has 0 saturated heterocycles. The fourth-order valence-electron chi connectivity index (χ4n) is 1.87. The summed E-state index contributed by atoms with van der Waals surface area (Å²) in [7, 11) is 3.00. The van der Waals surface area contributed by atoms with E-state index in [0.29, 0.717) is 23.6 Å². The summed E-state index contributed by atoms with van der Waals surface area (Å²) in [5, 5.41) is 14.2. The number of carboxylic acid groups (broad SMARTS) is 1. The molecule has 0 spiro atoms. The second-order valence-corrected chi connectivity index (χ2v) is 4.90. The Morgan fingerprint density at radius 1 is 1.18 bits per heavy atom. The molecule has 0 bridgehead atoms. The van der Waals surface area contributed by atoms with Crippen LogP contribution in [0.15, 0.2) is 18.2 Å². The Hall–Kier alpha value is -2.44. The van der Waals surface area contributed by atoms with E-state index in [1.54, 1.807) is 25.1 Å². The van der Waals surface area contributed by atoms with Crippen molar-refractivity contribution < 1.29 is 24.2 Å². The number of anilines is 1. The number of aliphatic carboxylic acids is 1. The van der Waals surface area contributed by atoms with Gasteiger partial charge in [0.05, 0.1) is 14.2 Å². The fourth-order valence-corrected chi connectivity index (χ4v) is 1.87. The van der Waals surface area contributed by atoms with Gasteiger partial charge in [0.1, 0.15) is 17.5 Å². The first kappa shape index (κ1) is 17.6. The predicted molar refractivity (Wildman–Crippen MR) is 82.6 cm³/mol. The minimum atomic E-state index is -1.06. The molecule has 1 rings (SSSR count). The van der Waals surface area contributed by atoms with Gasteiger partial charge in [-0.2, -0.15) is 0 Å². The average Bonchev–Trinajstić information content (AvgIpc) is 2.50. The van der Waals surface area contributed by atoms with Crippen molar-refractivity contribution in [2.24, 2.45) is 5.92 Å². The van der Waals surface area contributed by atoms with E-state index < -0.39 is 18.0 Å². The molecule has 0 radical (unpaired) electrons. The molecule has 0 aliphatic carbocycles. The van der Waals surface area contributed by atoms with Gasteiger partial charge in [0, 0.05) is 23.9 Å². The Labute approximate surface area is 129 Å². The quantitative estimate of drug-likeness (QED) is 0.718. The van der Waals surface area contributed by atoms with Gasteiger partial charge in [-0.1, -0.05) is 20.3 Å². The van der Waals surface area contributed by atoms with Crippen molar-refractivity contribution in [2.75, 3.05) is 19.5 Å². The first-order valence-corrected chi connectivity index (χ1v) is 6.94. The van der Waals surface area contributed by atoms with Gasteiger partial charge >= 0.3 is 12.0 Å². The molecule has 0 fully saturated rings. The largest absolute Gasteiger partial charge is 0.497 e. The summed E-state index contributed by atoms with van der Waals surface area (Å²) in [6.45, 7) is 3.64. The highest BCUT2D eigenvalue weighted by Crippen LogP contribution is 2.25. The van der Waals surface area contributed by atoms with Crippen LogP contribution in [0.25, 0.3) is 0 Å². The van der Waals surface area contributed by atoms with Gasteiger partial charge in [0.25, 0.3) is 0 Å². The first-order chi connectivity index (χ1) is 10.4. The van der Waals surface area contributed by atoms with E-state index >= 15 is 0 Å². The smallest absolute Gasteiger partial charge is 0.326 e. The van der Waals surface area contributed by atoms with Crippen LogP contribution in [-0.4, -0.2) is 37.4 Å². The van der Waals surface area contributed by atoms with E-state index in [1.807, 2.05) is 6.92 Å². The van der Waals surface area contributed by atoms with Crippen LogP contribution in [0.2, 0.25) is 0 Å². The summed E-state index contributed by atoms with van der Waals surface area (Å²) in [5.74, 6) is -0.200. The molecule has 7 nitrogen and oxygen atoms in total. The van der Waals surface area contributed by atoms with Gasteiger partial charge in [-0.3, -0.25) is 0 Å². The SMILES string of the molecule is CCC(C)C(NC(=O)Nc1cc(OC)cc(OC)c1)C(=O)O. The Bertz CT molecular complexity index is 510. The normalized spacial score (nSPS) is 12.9. The van der Waals surface area contributed by atoms with Crippen LogP contribution >= 0.6 is 0 Å². The molecular weight excluding hydrogens is 288 g/mol. The maximum atomic E-state index is 12.0. The fraction of sp³-hybridized carbons (Fsp3) is 0.467. The van der Waals surface area contributed by atoms with Crippen LogP contribution in [0.4, 0.5) is 10.5 Å². The summed E-state index contributed by atoms with van der Waals surface area (Å²) in [6, 6.07) is 3.35. The van der Waals surface area contributed by atoms with E-state index in [9.17, 15) is 14.7 Å². The Balaban J connectivity index is 2.81. The molecule has 1 aromatic carbocycles. The number of rotatable bonds is 7. The van der Waals surface area contributed by atoms with E-state index in [0.717, 1.165) is 0 Å². The lowest BCUT2D eigenvalue weighted by Gasteiger charge is -2.20. The van der Waals surface area contributed by atoms with Crippen molar-refractivity contribution in [2.45, 2.75) is 26.3 Å². The minimum absolute atomic E-state index is 0.178. The molecule has 7 heteroatoms. The number of hydrogen-bond acceptors (Lipinski definition) is 4. The van der Waals surface area contributed by atoms with Gasteiger partial charge in [-0.15, -0.1) is 0 Å². The molecule has 0 aliphatic heterocycles. The van der Waals surface area contributed by atoms with Gasteiger partial charge < -0.3 is 25.2 Å². The van der Waals surface area contributed by atoms with Crippen LogP contribution in [0.3, 0.4) is 0 Å². The van der Waals surface area contributed by atoms with Crippen molar-refractivity contribution in [1.82, 2.24) is 5.32 Å². The molecular formula is C15H22N2O5. The summed E-state index contributed by atoms with van der Waals surface area (Å²) >= 11 is 0. The number of amides is 2. The highest BCUT2D eigenvalue weighted by atomic mass is 16.5. The zero-order valence-corrected chi connectivity index (χ0v) is 13.2. The van der Waals surface area contributed by atoms with Crippen molar-refractivity contribution in [1.29, 1.82) is 0 Å². The predicted octanol–water partition coefficient (Wildman–Crippen LogP) is 2.32. The lowest BCUT2D eigenvalue weighted by Crippen LogP contribution is -2.46. The number of benzene rings is 1. The standard InChI is InChI=1S/C15H22N2O5/c1-5-9(2)13(14(18)19)17-15(20)16-10-6-11(21-3)8-12(7-10)22-4/h6-9,13H,5H2,1-4H3,(H,18,19)(H2,16,17,20). The number of urea groups is 1. The van der Waals surface area contributed by atoms with E-state index in [4.69, 9.17) is 9.47 Å². The number of ether oxygens (including phenoxy) is 2. The second-order valence-electron chi connectivity index (χ2n) is 4.90. The summed E-state index contributed by atoms with van der Waals surface area (Å²) < 4.78 is 10.2. The first-order valence-electron chi connectivity index (χ1n) is 6.94. The topological polar surface area (TPSA) is 96.9 Å².